The zero-order chi connectivity index (χ0) is 15.7. The number of carboxylic acids is 1. The number of carbonyl (C=O) groups excluding carboxylic acids is 1. The largest absolute Gasteiger partial charge is 0.478 e. The van der Waals surface area contributed by atoms with Crippen molar-refractivity contribution in [3.05, 3.63) is 34.9 Å². The van der Waals surface area contributed by atoms with Crippen molar-refractivity contribution in [2.24, 2.45) is 11.7 Å². The van der Waals surface area contributed by atoms with Gasteiger partial charge in [-0.1, -0.05) is 6.07 Å². The number of hydrogen-bond donors (Lipinski definition) is 2. The lowest BCUT2D eigenvalue weighted by Crippen LogP contribution is -2.42. The summed E-state index contributed by atoms with van der Waals surface area (Å²) in [5, 5.41) is 9.10. The summed E-state index contributed by atoms with van der Waals surface area (Å²) in [5.41, 5.74) is 8.31. The van der Waals surface area contributed by atoms with Gasteiger partial charge in [0, 0.05) is 25.0 Å². The van der Waals surface area contributed by atoms with Crippen LogP contribution in [0.3, 0.4) is 0 Å². The summed E-state index contributed by atoms with van der Waals surface area (Å²) in [4.78, 5) is 25.6. The molecule has 1 aromatic carbocycles. The molecule has 1 aliphatic heterocycles. The Morgan fingerprint density at radius 2 is 1.86 bits per heavy atom. The number of amides is 1. The fourth-order valence-corrected chi connectivity index (χ4v) is 3.50. The third-order valence-corrected chi connectivity index (χ3v) is 4.90. The number of carbonyl (C=O) groups is 2. The van der Waals surface area contributed by atoms with Crippen LogP contribution in [0.5, 0.6) is 0 Å². The molecule has 1 aliphatic carbocycles. The fraction of sp³-hybridized carbons (Fsp3) is 0.529. The normalized spacial score (nSPS) is 24.7. The Hall–Kier alpha value is -1.88. The highest BCUT2D eigenvalue weighted by Gasteiger charge is 2.30. The molecule has 0 radical (unpaired) electrons. The molecule has 0 spiro atoms. The maximum Gasteiger partial charge on any atom is 0.335 e. The van der Waals surface area contributed by atoms with E-state index in [1.165, 1.54) is 0 Å². The molecule has 0 atom stereocenters. The second-order valence-corrected chi connectivity index (χ2v) is 6.41. The predicted molar refractivity (Wildman–Crippen MR) is 82.5 cm³/mol. The summed E-state index contributed by atoms with van der Waals surface area (Å²) in [7, 11) is 0. The summed E-state index contributed by atoms with van der Waals surface area (Å²) in [6, 6.07) is 5.46. The van der Waals surface area contributed by atoms with Crippen molar-refractivity contribution in [2.75, 3.05) is 6.54 Å². The number of rotatable bonds is 2. The highest BCUT2D eigenvalue weighted by atomic mass is 16.4. The van der Waals surface area contributed by atoms with Gasteiger partial charge in [-0.05, 0) is 55.4 Å². The zero-order valence-electron chi connectivity index (χ0n) is 12.6. The van der Waals surface area contributed by atoms with Crippen LogP contribution in [0.2, 0.25) is 0 Å². The Bertz CT molecular complexity index is 592. The van der Waals surface area contributed by atoms with Gasteiger partial charge in [-0.3, -0.25) is 4.79 Å². The predicted octanol–water partition coefficient (Wildman–Crippen LogP) is 1.79. The van der Waals surface area contributed by atoms with E-state index in [9.17, 15) is 9.59 Å². The Morgan fingerprint density at radius 3 is 2.55 bits per heavy atom. The van der Waals surface area contributed by atoms with Crippen LogP contribution in [0.25, 0.3) is 0 Å². The van der Waals surface area contributed by atoms with E-state index in [4.69, 9.17) is 10.8 Å². The highest BCUT2D eigenvalue weighted by Crippen LogP contribution is 2.28. The summed E-state index contributed by atoms with van der Waals surface area (Å²) in [5.74, 6) is -0.630. The SMILES string of the molecule is NC1CCC(C(=O)N2CCc3ccc(C(=O)O)cc3C2)CC1. The average molecular weight is 302 g/mol. The first-order valence-corrected chi connectivity index (χ1v) is 7.94. The molecule has 3 N–H and O–H groups in total. The van der Waals surface area contributed by atoms with Gasteiger partial charge in [0.2, 0.25) is 5.91 Å². The lowest BCUT2D eigenvalue weighted by molar-refractivity contribution is -0.137. The van der Waals surface area contributed by atoms with Crippen molar-refractivity contribution < 1.29 is 14.7 Å². The van der Waals surface area contributed by atoms with Gasteiger partial charge < -0.3 is 15.7 Å². The molecule has 1 amide bonds. The molecule has 5 nitrogen and oxygen atoms in total. The van der Waals surface area contributed by atoms with E-state index in [0.29, 0.717) is 6.54 Å². The first-order chi connectivity index (χ1) is 10.5. The van der Waals surface area contributed by atoms with Gasteiger partial charge in [-0.15, -0.1) is 0 Å². The minimum Gasteiger partial charge on any atom is -0.478 e. The van der Waals surface area contributed by atoms with Crippen LogP contribution in [-0.4, -0.2) is 34.5 Å². The number of nitrogens with two attached hydrogens (primary N) is 1. The van der Waals surface area contributed by atoms with Gasteiger partial charge in [0.15, 0.2) is 0 Å². The Kier molecular flexibility index (Phi) is 4.16. The fourth-order valence-electron chi connectivity index (χ4n) is 3.50. The molecule has 118 valence electrons. The van der Waals surface area contributed by atoms with Gasteiger partial charge in [0.1, 0.15) is 0 Å². The number of carboxylic acid groups (broad SMARTS) is 1. The molecule has 0 aromatic heterocycles. The topological polar surface area (TPSA) is 83.6 Å². The molecule has 1 fully saturated rings. The first kappa shape index (κ1) is 15.0. The molecule has 22 heavy (non-hydrogen) atoms. The van der Waals surface area contributed by atoms with Crippen LogP contribution in [0.4, 0.5) is 0 Å². The second kappa shape index (κ2) is 6.08. The summed E-state index contributed by atoms with van der Waals surface area (Å²) >= 11 is 0. The minimum atomic E-state index is -0.924. The molecule has 0 unspecified atom stereocenters. The molecule has 3 rings (SSSR count). The third kappa shape index (κ3) is 2.99. The standard InChI is InChI=1S/C17H22N2O3/c18-15-5-3-12(4-6-15)16(20)19-8-7-11-1-2-13(17(21)22)9-14(11)10-19/h1-2,9,12,15H,3-8,10,18H2,(H,21,22). The maximum atomic E-state index is 12.7. The van der Waals surface area contributed by atoms with Crippen molar-refractivity contribution in [1.82, 2.24) is 4.90 Å². The van der Waals surface area contributed by atoms with E-state index in [1.807, 2.05) is 11.0 Å². The molecule has 0 bridgehead atoms. The molecule has 1 heterocycles. The van der Waals surface area contributed by atoms with Gasteiger partial charge in [-0.25, -0.2) is 4.79 Å². The van der Waals surface area contributed by atoms with Crippen molar-refractivity contribution in [3.8, 4) is 0 Å². The van der Waals surface area contributed by atoms with Crippen molar-refractivity contribution in [1.29, 1.82) is 0 Å². The molecular formula is C17H22N2O3. The van der Waals surface area contributed by atoms with Crippen LogP contribution < -0.4 is 5.73 Å². The Labute approximate surface area is 130 Å². The minimum absolute atomic E-state index is 0.0870. The van der Waals surface area contributed by atoms with E-state index in [0.717, 1.165) is 49.8 Å². The van der Waals surface area contributed by atoms with Crippen LogP contribution in [-0.2, 0) is 17.8 Å². The van der Waals surface area contributed by atoms with Gasteiger partial charge >= 0.3 is 5.97 Å². The van der Waals surface area contributed by atoms with Gasteiger partial charge in [0.05, 0.1) is 5.56 Å². The molecule has 5 heteroatoms. The maximum absolute atomic E-state index is 12.7. The van der Waals surface area contributed by atoms with E-state index in [2.05, 4.69) is 0 Å². The van der Waals surface area contributed by atoms with Crippen molar-refractivity contribution in [3.63, 3.8) is 0 Å². The molecule has 1 saturated carbocycles. The van der Waals surface area contributed by atoms with Crippen molar-refractivity contribution >= 4 is 11.9 Å². The molecular weight excluding hydrogens is 280 g/mol. The highest BCUT2D eigenvalue weighted by molar-refractivity contribution is 5.88. The lowest BCUT2D eigenvalue weighted by atomic mass is 9.85. The summed E-state index contributed by atoms with van der Waals surface area (Å²) < 4.78 is 0. The second-order valence-electron chi connectivity index (χ2n) is 6.41. The van der Waals surface area contributed by atoms with E-state index in [-0.39, 0.29) is 23.4 Å². The van der Waals surface area contributed by atoms with Gasteiger partial charge in [-0.2, -0.15) is 0 Å². The number of benzene rings is 1. The number of aromatic carboxylic acids is 1. The number of nitrogens with zero attached hydrogens (tertiary/aromatic N) is 1. The number of fused-ring (bicyclic) bond motifs is 1. The van der Waals surface area contributed by atoms with E-state index < -0.39 is 5.97 Å². The first-order valence-electron chi connectivity index (χ1n) is 7.94. The molecule has 0 saturated heterocycles. The quantitative estimate of drug-likeness (QED) is 0.872. The number of hydrogen-bond acceptors (Lipinski definition) is 3. The smallest absolute Gasteiger partial charge is 0.335 e. The Morgan fingerprint density at radius 1 is 1.14 bits per heavy atom. The van der Waals surface area contributed by atoms with Gasteiger partial charge in [0.25, 0.3) is 0 Å². The van der Waals surface area contributed by atoms with E-state index >= 15 is 0 Å². The van der Waals surface area contributed by atoms with Crippen LogP contribution in [0.15, 0.2) is 18.2 Å². The lowest BCUT2D eigenvalue weighted by Gasteiger charge is -2.34. The summed E-state index contributed by atoms with van der Waals surface area (Å²) in [6.45, 7) is 1.25. The van der Waals surface area contributed by atoms with Crippen LogP contribution >= 0.6 is 0 Å². The summed E-state index contributed by atoms with van der Waals surface area (Å²) in [6.07, 6.45) is 4.39. The van der Waals surface area contributed by atoms with E-state index in [1.54, 1.807) is 12.1 Å². The third-order valence-electron chi connectivity index (χ3n) is 4.90. The Balaban J connectivity index is 1.71. The molecule has 1 aromatic rings. The van der Waals surface area contributed by atoms with Crippen LogP contribution in [0, 0.1) is 5.92 Å². The monoisotopic (exact) mass is 302 g/mol. The molecule has 2 aliphatic rings. The average Bonchev–Trinajstić information content (AvgIpc) is 2.53. The van der Waals surface area contributed by atoms with Crippen LogP contribution in [0.1, 0.15) is 47.2 Å². The zero-order valence-corrected chi connectivity index (χ0v) is 12.6. The van der Waals surface area contributed by atoms with Crippen molar-refractivity contribution in [2.45, 2.75) is 44.7 Å².